The molecule has 0 aliphatic rings. The fourth-order valence-electron chi connectivity index (χ4n) is 2.36. The second kappa shape index (κ2) is 6.49. The monoisotopic (exact) mass is 323 g/mol. The van der Waals surface area contributed by atoms with Gasteiger partial charge in [0.05, 0.1) is 12.8 Å². The molecule has 0 aliphatic carbocycles. The van der Waals surface area contributed by atoms with E-state index in [-0.39, 0.29) is 11.6 Å². The number of rotatable bonds is 4. The van der Waals surface area contributed by atoms with E-state index in [1.165, 1.54) is 0 Å². The first-order chi connectivity index (χ1) is 11.6. The molecular weight excluding hydrogens is 306 g/mol. The van der Waals surface area contributed by atoms with Gasteiger partial charge in [-0.1, -0.05) is 23.4 Å². The zero-order valence-electron chi connectivity index (χ0n) is 13.6. The molecule has 0 unspecified atom stereocenters. The molecule has 1 N–H and O–H groups in total. The normalized spacial score (nSPS) is 10.5. The van der Waals surface area contributed by atoms with Crippen LogP contribution < -0.4 is 10.1 Å². The summed E-state index contributed by atoms with van der Waals surface area (Å²) in [4.78, 5) is 16.7. The molecule has 0 saturated heterocycles. The van der Waals surface area contributed by atoms with Gasteiger partial charge >= 0.3 is 0 Å². The van der Waals surface area contributed by atoms with Crippen LogP contribution in [0.4, 0.5) is 5.82 Å². The van der Waals surface area contributed by atoms with Gasteiger partial charge in [0, 0.05) is 5.69 Å². The quantitative estimate of drug-likeness (QED) is 0.798. The lowest BCUT2D eigenvalue weighted by atomic mass is 10.2. The number of carbonyl (C=O) groups excluding carboxylic acids is 1. The maximum Gasteiger partial charge on any atom is 0.279 e. The Hall–Kier alpha value is -3.22. The van der Waals surface area contributed by atoms with Crippen molar-refractivity contribution in [1.82, 2.24) is 20.0 Å². The van der Waals surface area contributed by atoms with Crippen LogP contribution in [0.25, 0.3) is 5.69 Å². The maximum atomic E-state index is 12.4. The largest absolute Gasteiger partial charge is 0.494 e. The van der Waals surface area contributed by atoms with E-state index in [0.717, 1.165) is 11.4 Å². The Bertz CT molecular complexity index is 888. The lowest BCUT2D eigenvalue weighted by Gasteiger charge is -2.09. The summed E-state index contributed by atoms with van der Waals surface area (Å²) in [5.41, 5.74) is 2.40. The van der Waals surface area contributed by atoms with Gasteiger partial charge in [-0.25, -0.2) is 9.67 Å². The van der Waals surface area contributed by atoms with Crippen molar-refractivity contribution in [1.29, 1.82) is 0 Å². The molecule has 122 valence electrons. The minimum absolute atomic E-state index is 0.240. The third-order valence-electron chi connectivity index (χ3n) is 3.55. The van der Waals surface area contributed by atoms with Crippen molar-refractivity contribution in [3.63, 3.8) is 0 Å². The van der Waals surface area contributed by atoms with Crippen LogP contribution in [-0.2, 0) is 0 Å². The summed E-state index contributed by atoms with van der Waals surface area (Å²) in [5.74, 6) is 0.774. The molecule has 0 fully saturated rings. The van der Waals surface area contributed by atoms with E-state index >= 15 is 0 Å². The number of benzene rings is 1. The number of pyridine rings is 1. The first-order valence-corrected chi connectivity index (χ1v) is 7.41. The smallest absolute Gasteiger partial charge is 0.279 e. The zero-order valence-corrected chi connectivity index (χ0v) is 13.6. The topological polar surface area (TPSA) is 81.9 Å². The van der Waals surface area contributed by atoms with Crippen molar-refractivity contribution in [2.75, 3.05) is 12.4 Å². The number of nitrogens with one attached hydrogen (secondary N) is 1. The Kier molecular flexibility index (Phi) is 4.24. The maximum absolute atomic E-state index is 12.4. The molecule has 0 bridgehead atoms. The Morgan fingerprint density at radius 1 is 1.12 bits per heavy atom. The second-order valence-electron chi connectivity index (χ2n) is 5.23. The number of methoxy groups -OCH3 is 1. The molecule has 2 heterocycles. The van der Waals surface area contributed by atoms with Gasteiger partial charge in [0.2, 0.25) is 0 Å². The van der Waals surface area contributed by atoms with Gasteiger partial charge in [0.15, 0.2) is 5.69 Å². The summed E-state index contributed by atoms with van der Waals surface area (Å²) in [5, 5.41) is 10.8. The van der Waals surface area contributed by atoms with Crippen LogP contribution in [0.5, 0.6) is 5.75 Å². The molecule has 2 aromatic heterocycles. The molecule has 24 heavy (non-hydrogen) atoms. The number of ether oxygens (including phenoxy) is 1. The van der Waals surface area contributed by atoms with E-state index in [4.69, 9.17) is 4.74 Å². The van der Waals surface area contributed by atoms with E-state index in [0.29, 0.717) is 17.3 Å². The molecular formula is C17H17N5O2. The Labute approximate surface area is 139 Å². The highest BCUT2D eigenvalue weighted by Gasteiger charge is 2.19. The molecule has 3 rings (SSSR count). The average Bonchev–Trinajstić information content (AvgIpc) is 2.96. The summed E-state index contributed by atoms with van der Waals surface area (Å²) in [7, 11) is 1.59. The Morgan fingerprint density at radius 3 is 2.67 bits per heavy atom. The highest BCUT2D eigenvalue weighted by atomic mass is 16.5. The Morgan fingerprint density at radius 2 is 1.92 bits per heavy atom. The van der Waals surface area contributed by atoms with Gasteiger partial charge in [-0.15, -0.1) is 5.10 Å². The number of nitrogens with zero attached hydrogens (tertiary/aromatic N) is 4. The van der Waals surface area contributed by atoms with Crippen LogP contribution in [0.15, 0.2) is 42.5 Å². The molecule has 1 amide bonds. The highest BCUT2D eigenvalue weighted by molar-refractivity contribution is 6.03. The molecule has 0 aliphatic heterocycles. The van der Waals surface area contributed by atoms with Crippen LogP contribution >= 0.6 is 0 Å². The number of anilines is 1. The van der Waals surface area contributed by atoms with Crippen molar-refractivity contribution < 1.29 is 9.53 Å². The Balaban J connectivity index is 1.91. The van der Waals surface area contributed by atoms with Crippen LogP contribution in [-0.4, -0.2) is 33.0 Å². The molecule has 0 atom stereocenters. The standard InChI is InChI=1S/C17H17N5O2/c1-11-7-6-10-15(18-11)19-17(23)16-12(2)22(21-20-16)13-8-4-5-9-14(13)24-3/h4-10H,1-3H3,(H,18,19,23). The summed E-state index contributed by atoms with van der Waals surface area (Å²) in [6.07, 6.45) is 0. The number of aryl methyl sites for hydroxylation is 1. The minimum atomic E-state index is -0.355. The predicted molar refractivity (Wildman–Crippen MR) is 89.6 cm³/mol. The van der Waals surface area contributed by atoms with Crippen LogP contribution in [0.3, 0.4) is 0 Å². The number of aromatic nitrogens is 4. The first kappa shape index (κ1) is 15.7. The highest BCUT2D eigenvalue weighted by Crippen LogP contribution is 2.23. The lowest BCUT2D eigenvalue weighted by molar-refractivity contribution is 0.102. The summed E-state index contributed by atoms with van der Waals surface area (Å²) >= 11 is 0. The number of para-hydroxylation sites is 2. The fourth-order valence-corrected chi connectivity index (χ4v) is 2.36. The van der Waals surface area contributed by atoms with Gasteiger partial charge in [-0.2, -0.15) is 0 Å². The van der Waals surface area contributed by atoms with Gasteiger partial charge in [0.25, 0.3) is 5.91 Å². The SMILES string of the molecule is COc1ccccc1-n1nnc(C(=O)Nc2cccc(C)n2)c1C. The number of hydrogen-bond donors (Lipinski definition) is 1. The van der Waals surface area contributed by atoms with E-state index in [1.54, 1.807) is 24.8 Å². The van der Waals surface area contributed by atoms with Gasteiger partial charge in [-0.05, 0) is 38.1 Å². The summed E-state index contributed by atoms with van der Waals surface area (Å²) < 4.78 is 6.91. The number of hydrogen-bond acceptors (Lipinski definition) is 5. The van der Waals surface area contributed by atoms with Crippen molar-refractivity contribution >= 4 is 11.7 Å². The molecule has 0 spiro atoms. The van der Waals surface area contributed by atoms with E-state index < -0.39 is 0 Å². The van der Waals surface area contributed by atoms with Crippen molar-refractivity contribution in [3.8, 4) is 11.4 Å². The minimum Gasteiger partial charge on any atom is -0.494 e. The van der Waals surface area contributed by atoms with Gasteiger partial charge < -0.3 is 10.1 Å². The van der Waals surface area contributed by atoms with Crippen LogP contribution in [0, 0.1) is 13.8 Å². The average molecular weight is 323 g/mol. The summed E-state index contributed by atoms with van der Waals surface area (Å²) in [6.45, 7) is 3.64. The molecule has 0 radical (unpaired) electrons. The van der Waals surface area contributed by atoms with Gasteiger partial charge in [0.1, 0.15) is 17.3 Å². The van der Waals surface area contributed by atoms with Crippen LogP contribution in [0.2, 0.25) is 0 Å². The first-order valence-electron chi connectivity index (χ1n) is 7.41. The van der Waals surface area contributed by atoms with E-state index in [9.17, 15) is 4.79 Å². The summed E-state index contributed by atoms with van der Waals surface area (Å²) in [6, 6.07) is 12.8. The molecule has 7 nitrogen and oxygen atoms in total. The van der Waals surface area contributed by atoms with Crippen molar-refractivity contribution in [2.45, 2.75) is 13.8 Å². The lowest BCUT2D eigenvalue weighted by Crippen LogP contribution is -2.15. The predicted octanol–water partition coefficient (Wildman–Crippen LogP) is 2.54. The van der Waals surface area contributed by atoms with Gasteiger partial charge in [-0.3, -0.25) is 4.79 Å². The van der Waals surface area contributed by atoms with Crippen molar-refractivity contribution in [2.24, 2.45) is 0 Å². The van der Waals surface area contributed by atoms with Crippen molar-refractivity contribution in [3.05, 3.63) is 59.5 Å². The molecule has 3 aromatic rings. The van der Waals surface area contributed by atoms with Crippen LogP contribution in [0.1, 0.15) is 21.9 Å². The number of amides is 1. The van der Waals surface area contributed by atoms with E-state index in [1.807, 2.05) is 43.3 Å². The van der Waals surface area contributed by atoms with E-state index in [2.05, 4.69) is 20.6 Å². The molecule has 1 aromatic carbocycles. The third-order valence-corrected chi connectivity index (χ3v) is 3.55. The molecule has 0 saturated carbocycles. The number of carbonyl (C=O) groups is 1. The molecule has 7 heteroatoms. The second-order valence-corrected chi connectivity index (χ2v) is 5.23. The zero-order chi connectivity index (χ0) is 17.1. The fraction of sp³-hybridized carbons (Fsp3) is 0.176. The third kappa shape index (κ3) is 2.96.